The van der Waals surface area contributed by atoms with Crippen LogP contribution in [0, 0.1) is 5.92 Å². The van der Waals surface area contributed by atoms with E-state index < -0.39 is 34.4 Å². The van der Waals surface area contributed by atoms with Crippen LogP contribution >= 0.6 is 0 Å². The second-order valence-electron chi connectivity index (χ2n) is 6.73. The Kier molecular flexibility index (Phi) is 5.64. The number of fused-ring (bicyclic) bond motifs is 2. The van der Waals surface area contributed by atoms with Gasteiger partial charge < -0.3 is 16.0 Å². The number of amides is 3. The summed E-state index contributed by atoms with van der Waals surface area (Å²) in [4.78, 5) is 31.0. The maximum Gasteiger partial charge on any atom is 0.418 e. The van der Waals surface area contributed by atoms with Crippen molar-refractivity contribution in [3.8, 4) is 0 Å². The fraction of sp³-hybridized carbons (Fsp3) is 0.846. The van der Waals surface area contributed by atoms with E-state index in [1.54, 1.807) is 0 Å². The van der Waals surface area contributed by atoms with Crippen LogP contribution in [0.25, 0.3) is 0 Å². The van der Waals surface area contributed by atoms with Gasteiger partial charge in [-0.3, -0.25) is 14.2 Å². The first-order chi connectivity index (χ1) is 12.3. The third kappa shape index (κ3) is 4.24. The lowest BCUT2D eigenvalue weighted by Gasteiger charge is -2.29. The number of nitrogens with zero attached hydrogens (tertiary/aromatic N) is 2. The summed E-state index contributed by atoms with van der Waals surface area (Å²) in [6, 6.07) is -2.01. The molecule has 0 aromatic heterocycles. The number of carbonyl (C=O) groups excluding carboxylic acids is 2. The molecule has 3 fully saturated rings. The highest BCUT2D eigenvalue weighted by molar-refractivity contribution is 7.80. The van der Waals surface area contributed by atoms with E-state index in [-0.39, 0.29) is 19.2 Å². The first-order valence-electron chi connectivity index (χ1n) is 8.40. The summed E-state index contributed by atoms with van der Waals surface area (Å²) >= 11 is 0. The largest absolute Gasteiger partial charge is 0.418 e. The average molecular weight is 393 g/mol. The molecule has 0 radical (unpaired) electrons. The van der Waals surface area contributed by atoms with Crippen molar-refractivity contribution in [1.82, 2.24) is 20.8 Å². The van der Waals surface area contributed by atoms with Crippen LogP contribution in [0.5, 0.6) is 0 Å². The van der Waals surface area contributed by atoms with E-state index in [4.69, 9.17) is 15.1 Å². The molecule has 0 aromatic carbocycles. The van der Waals surface area contributed by atoms with E-state index in [1.165, 1.54) is 4.90 Å². The van der Waals surface area contributed by atoms with Gasteiger partial charge in [0.15, 0.2) is 0 Å². The summed E-state index contributed by atoms with van der Waals surface area (Å²) in [6.07, 6.45) is 1.55. The first kappa shape index (κ1) is 19.3. The molecule has 3 rings (SSSR count). The van der Waals surface area contributed by atoms with Gasteiger partial charge in [-0.1, -0.05) is 0 Å². The van der Waals surface area contributed by atoms with Crippen LogP contribution in [0.3, 0.4) is 0 Å². The summed E-state index contributed by atoms with van der Waals surface area (Å²) < 4.78 is 34.8. The maximum absolute atomic E-state index is 12.3. The molecule has 3 aliphatic rings. The van der Waals surface area contributed by atoms with Gasteiger partial charge in [0.05, 0.1) is 12.6 Å². The molecule has 3 amide bonds. The number of carbonyl (C=O) groups is 2. The molecule has 12 nitrogen and oxygen atoms in total. The molecule has 3 aliphatic heterocycles. The Labute approximate surface area is 150 Å². The molecule has 26 heavy (non-hydrogen) atoms. The monoisotopic (exact) mass is 393 g/mol. The highest BCUT2D eigenvalue weighted by atomic mass is 32.3. The zero-order chi connectivity index (χ0) is 18.9. The highest BCUT2D eigenvalue weighted by Crippen LogP contribution is 2.30. The van der Waals surface area contributed by atoms with Gasteiger partial charge in [0, 0.05) is 12.6 Å². The van der Waals surface area contributed by atoms with Crippen LogP contribution in [-0.4, -0.2) is 79.2 Å². The lowest BCUT2D eigenvalue weighted by Crippen LogP contribution is -2.50. The number of nitrogens with two attached hydrogens (primary N) is 1. The Balaban J connectivity index is 1.49. The smallest absolute Gasteiger partial charge is 0.330 e. The molecule has 0 spiro atoms. The Bertz CT molecular complexity index is 659. The Morgan fingerprint density at radius 1 is 1.42 bits per heavy atom. The lowest BCUT2D eigenvalue weighted by atomic mass is 10.0. The molecule has 148 valence electrons. The van der Waals surface area contributed by atoms with Crippen molar-refractivity contribution in [2.24, 2.45) is 11.7 Å². The van der Waals surface area contributed by atoms with E-state index in [0.717, 1.165) is 13.0 Å². The van der Waals surface area contributed by atoms with Crippen molar-refractivity contribution in [3.63, 3.8) is 0 Å². The summed E-state index contributed by atoms with van der Waals surface area (Å²) in [5, 5.41) is 3.84. The number of hydrogen-bond donors (Lipinski definition) is 4. The summed E-state index contributed by atoms with van der Waals surface area (Å²) in [5.74, 6) is -0.0931. The predicted octanol–water partition coefficient (Wildman–Crippen LogP) is -2.03. The van der Waals surface area contributed by atoms with Gasteiger partial charge in [0.25, 0.3) is 5.91 Å². The molecule has 2 unspecified atom stereocenters. The van der Waals surface area contributed by atoms with Gasteiger partial charge in [0.2, 0.25) is 0 Å². The highest BCUT2D eigenvalue weighted by Gasteiger charge is 2.49. The number of hydroxylamine groups is 3. The molecule has 0 aromatic rings. The molecule has 0 saturated carbocycles. The second kappa shape index (κ2) is 7.62. The summed E-state index contributed by atoms with van der Waals surface area (Å²) in [6.45, 7) is 1.82. The molecular formula is C13H23N5O7S. The number of hydrogen-bond acceptors (Lipinski definition) is 8. The zero-order valence-corrected chi connectivity index (χ0v) is 14.9. The molecule has 5 N–H and O–H groups in total. The van der Waals surface area contributed by atoms with E-state index >= 15 is 0 Å². The van der Waals surface area contributed by atoms with Gasteiger partial charge in [-0.25, -0.2) is 10.3 Å². The van der Waals surface area contributed by atoms with Crippen molar-refractivity contribution in [2.75, 3.05) is 26.2 Å². The Hall–Kier alpha value is -1.51. The number of rotatable bonds is 7. The minimum atomic E-state index is -4.81. The summed E-state index contributed by atoms with van der Waals surface area (Å²) in [5.41, 5.74) is 7.96. The fourth-order valence-electron chi connectivity index (χ4n) is 3.59. The van der Waals surface area contributed by atoms with Crippen LogP contribution in [-0.2, 0) is 24.3 Å². The fourth-order valence-corrected chi connectivity index (χ4v) is 3.98. The van der Waals surface area contributed by atoms with E-state index in [0.29, 0.717) is 30.4 Å². The summed E-state index contributed by atoms with van der Waals surface area (Å²) in [7, 11) is -4.81. The molecule has 2 bridgehead atoms. The number of nitrogens with one attached hydrogen (secondary N) is 2. The Morgan fingerprint density at radius 2 is 2.19 bits per heavy atom. The van der Waals surface area contributed by atoms with Crippen molar-refractivity contribution in [3.05, 3.63) is 0 Å². The topological polar surface area (TPSA) is 164 Å². The normalized spacial score (nSPS) is 31.5. The second-order valence-corrected chi connectivity index (χ2v) is 7.73. The van der Waals surface area contributed by atoms with Gasteiger partial charge in [-0.15, -0.1) is 4.28 Å². The van der Waals surface area contributed by atoms with Crippen LogP contribution < -0.4 is 16.5 Å². The molecule has 4 atom stereocenters. The van der Waals surface area contributed by atoms with Gasteiger partial charge >= 0.3 is 16.4 Å². The van der Waals surface area contributed by atoms with Crippen molar-refractivity contribution in [2.45, 2.75) is 37.4 Å². The van der Waals surface area contributed by atoms with Crippen molar-refractivity contribution in [1.29, 1.82) is 0 Å². The van der Waals surface area contributed by atoms with Crippen LogP contribution in [0.15, 0.2) is 0 Å². The van der Waals surface area contributed by atoms with Crippen LogP contribution in [0.1, 0.15) is 19.3 Å². The minimum Gasteiger partial charge on any atom is -0.330 e. The number of piperidine rings is 1. The molecule has 13 heteroatoms. The van der Waals surface area contributed by atoms with Gasteiger partial charge in [0.1, 0.15) is 6.04 Å². The van der Waals surface area contributed by atoms with Crippen molar-refractivity contribution < 1.29 is 31.7 Å². The maximum atomic E-state index is 12.3. The predicted molar refractivity (Wildman–Crippen MR) is 86.4 cm³/mol. The van der Waals surface area contributed by atoms with E-state index in [9.17, 15) is 18.0 Å². The molecular weight excluding hydrogens is 370 g/mol. The number of urea groups is 1. The minimum absolute atomic E-state index is 0.103. The standard InChI is InChI=1S/C13H23N5O7S/c14-4-8-3-9(15-5-8)7-24-16-12(19)11-2-1-10-6-17(11)13(20)18(10)25-26(21,22)23/h8-11,15H,1-7,14H2,(H,16,19)(H,21,22,23)/t8-,9+,10?,11?/m0/s1. The van der Waals surface area contributed by atoms with Crippen LogP contribution in [0.2, 0.25) is 0 Å². The lowest BCUT2D eigenvalue weighted by molar-refractivity contribution is -0.139. The van der Waals surface area contributed by atoms with Gasteiger partial charge in [-0.2, -0.15) is 13.5 Å². The van der Waals surface area contributed by atoms with E-state index in [1.807, 2.05) is 0 Å². The average Bonchev–Trinajstić information content (AvgIpc) is 3.13. The van der Waals surface area contributed by atoms with Crippen LogP contribution in [0.4, 0.5) is 4.79 Å². The van der Waals surface area contributed by atoms with Gasteiger partial charge in [-0.05, 0) is 38.3 Å². The first-order valence-corrected chi connectivity index (χ1v) is 9.77. The molecule has 0 aliphatic carbocycles. The SMILES string of the molecule is NC[C@H]1CN[C@@H](CONC(=O)C2CCC3CN2C(=O)N3OS(=O)(=O)O)C1. The quantitative estimate of drug-likeness (QED) is 0.282. The zero-order valence-electron chi connectivity index (χ0n) is 14.0. The van der Waals surface area contributed by atoms with Crippen molar-refractivity contribution >= 4 is 22.3 Å². The third-order valence-electron chi connectivity index (χ3n) is 4.90. The third-order valence-corrected chi connectivity index (χ3v) is 5.25. The molecule has 3 heterocycles. The Morgan fingerprint density at radius 3 is 2.85 bits per heavy atom. The molecule has 3 saturated heterocycles. The van der Waals surface area contributed by atoms with E-state index in [2.05, 4.69) is 15.1 Å².